The van der Waals surface area contributed by atoms with Crippen molar-refractivity contribution in [3.8, 4) is 5.75 Å². The molecule has 5 nitrogen and oxygen atoms in total. The van der Waals surface area contributed by atoms with Crippen LogP contribution in [0.3, 0.4) is 0 Å². The zero-order chi connectivity index (χ0) is 17.4. The average Bonchev–Trinajstić information content (AvgIpc) is 2.65. The average molecular weight is 343 g/mol. The van der Waals surface area contributed by atoms with Crippen LogP contribution in [0.4, 0.5) is 5.69 Å². The molecular weight excluding hydrogens is 318 g/mol. The van der Waals surface area contributed by atoms with Gasteiger partial charge in [-0.1, -0.05) is 0 Å². The van der Waals surface area contributed by atoms with E-state index in [4.69, 9.17) is 14.2 Å². The Balaban J connectivity index is 1.71. The lowest BCUT2D eigenvalue weighted by Gasteiger charge is -2.43. The molecule has 1 aromatic rings. The molecule has 25 heavy (non-hydrogen) atoms. The Morgan fingerprint density at radius 3 is 2.84 bits per heavy atom. The number of benzene rings is 1. The number of aryl methyl sites for hydroxylation is 1. The Kier molecular flexibility index (Phi) is 4.34. The number of allylic oxidation sites excluding steroid dienone is 2. The number of aliphatic hydroxyl groups excluding tert-OH is 1. The highest BCUT2D eigenvalue weighted by Crippen LogP contribution is 2.40. The van der Waals surface area contributed by atoms with Gasteiger partial charge in [0.1, 0.15) is 11.5 Å². The second-order valence-corrected chi connectivity index (χ2v) is 6.82. The van der Waals surface area contributed by atoms with Crippen molar-refractivity contribution < 1.29 is 19.3 Å². The van der Waals surface area contributed by atoms with Crippen LogP contribution in [0.2, 0.25) is 0 Å². The fourth-order valence-corrected chi connectivity index (χ4v) is 4.19. The van der Waals surface area contributed by atoms with E-state index in [0.29, 0.717) is 6.42 Å². The highest BCUT2D eigenvalue weighted by atomic mass is 16.6. The van der Waals surface area contributed by atoms with Crippen molar-refractivity contribution in [2.24, 2.45) is 0 Å². The molecule has 0 saturated carbocycles. The smallest absolute Gasteiger partial charge is 0.199 e. The van der Waals surface area contributed by atoms with Crippen LogP contribution in [0.25, 0.3) is 0 Å². The maximum absolute atomic E-state index is 10.3. The molecule has 134 valence electrons. The summed E-state index contributed by atoms with van der Waals surface area (Å²) in [5.41, 5.74) is 3.84. The fraction of sp³-hybridized carbons (Fsp3) is 0.500. The van der Waals surface area contributed by atoms with Crippen LogP contribution in [-0.4, -0.2) is 38.2 Å². The molecule has 0 spiro atoms. The summed E-state index contributed by atoms with van der Waals surface area (Å²) in [6, 6.07) is 6.47. The van der Waals surface area contributed by atoms with Gasteiger partial charge in [0.2, 0.25) is 0 Å². The first-order valence-corrected chi connectivity index (χ1v) is 8.95. The van der Waals surface area contributed by atoms with Gasteiger partial charge in [-0.05, 0) is 48.6 Å². The van der Waals surface area contributed by atoms with Crippen LogP contribution >= 0.6 is 0 Å². The zero-order valence-corrected chi connectivity index (χ0v) is 14.8. The highest BCUT2D eigenvalue weighted by molar-refractivity contribution is 5.60. The first kappa shape index (κ1) is 16.3. The number of methoxy groups -OCH3 is 2. The molecule has 5 heteroatoms. The van der Waals surface area contributed by atoms with Gasteiger partial charge in [-0.15, -0.1) is 0 Å². The summed E-state index contributed by atoms with van der Waals surface area (Å²) in [5.74, 6) is 2.60. The highest BCUT2D eigenvalue weighted by Gasteiger charge is 2.36. The van der Waals surface area contributed by atoms with Crippen molar-refractivity contribution in [1.82, 2.24) is 0 Å². The Morgan fingerprint density at radius 2 is 2.04 bits per heavy atom. The molecule has 0 bridgehead atoms. The molecule has 0 saturated heterocycles. The van der Waals surface area contributed by atoms with E-state index in [1.54, 1.807) is 14.2 Å². The van der Waals surface area contributed by atoms with Gasteiger partial charge in [-0.2, -0.15) is 0 Å². The van der Waals surface area contributed by atoms with Crippen LogP contribution in [0, 0.1) is 0 Å². The van der Waals surface area contributed by atoms with E-state index in [0.717, 1.165) is 49.5 Å². The number of rotatable bonds is 3. The number of anilines is 1. The molecule has 2 unspecified atom stereocenters. The van der Waals surface area contributed by atoms with E-state index >= 15 is 0 Å². The van der Waals surface area contributed by atoms with Crippen LogP contribution in [0.15, 0.2) is 41.4 Å². The minimum atomic E-state index is -0.778. The largest absolute Gasteiger partial charge is 0.501 e. The van der Waals surface area contributed by atoms with Crippen molar-refractivity contribution in [2.45, 2.75) is 44.4 Å². The summed E-state index contributed by atoms with van der Waals surface area (Å²) in [6.45, 7) is 0.994. The van der Waals surface area contributed by atoms with Gasteiger partial charge in [0.05, 0.1) is 26.0 Å². The third kappa shape index (κ3) is 2.97. The quantitative estimate of drug-likeness (QED) is 0.914. The van der Waals surface area contributed by atoms with Gasteiger partial charge in [0.15, 0.2) is 6.29 Å². The van der Waals surface area contributed by atoms with Gasteiger partial charge in [0.25, 0.3) is 0 Å². The topological polar surface area (TPSA) is 51.2 Å². The number of aliphatic hydroxyl groups is 1. The number of hydrogen-bond donors (Lipinski definition) is 1. The maximum atomic E-state index is 10.3. The zero-order valence-electron chi connectivity index (χ0n) is 14.8. The van der Waals surface area contributed by atoms with Gasteiger partial charge in [-0.3, -0.25) is 0 Å². The van der Waals surface area contributed by atoms with Crippen molar-refractivity contribution in [3.05, 3.63) is 46.9 Å². The Labute approximate surface area is 148 Å². The third-order valence-corrected chi connectivity index (χ3v) is 5.42. The summed E-state index contributed by atoms with van der Waals surface area (Å²) in [6.07, 6.45) is 5.72. The van der Waals surface area contributed by atoms with E-state index in [-0.39, 0.29) is 6.04 Å². The molecule has 0 radical (unpaired) electrons. The molecule has 2 heterocycles. The lowest BCUT2D eigenvalue weighted by molar-refractivity contribution is -0.0800. The maximum Gasteiger partial charge on any atom is 0.199 e. The van der Waals surface area contributed by atoms with E-state index in [1.165, 1.54) is 16.8 Å². The third-order valence-electron chi connectivity index (χ3n) is 5.42. The van der Waals surface area contributed by atoms with Gasteiger partial charge in [-0.25, -0.2) is 0 Å². The second kappa shape index (κ2) is 6.64. The van der Waals surface area contributed by atoms with Crippen LogP contribution in [0.5, 0.6) is 5.75 Å². The number of nitrogens with zero attached hydrogens (tertiary/aromatic N) is 1. The molecule has 2 aliphatic heterocycles. The van der Waals surface area contributed by atoms with E-state index in [2.05, 4.69) is 17.0 Å². The molecule has 1 N–H and O–H groups in total. The van der Waals surface area contributed by atoms with Crippen molar-refractivity contribution in [3.63, 3.8) is 0 Å². The van der Waals surface area contributed by atoms with Crippen LogP contribution < -0.4 is 9.64 Å². The summed E-state index contributed by atoms with van der Waals surface area (Å²) < 4.78 is 16.5. The minimum Gasteiger partial charge on any atom is -0.501 e. The van der Waals surface area contributed by atoms with E-state index in [9.17, 15) is 5.11 Å². The molecule has 3 aliphatic rings. The molecule has 0 amide bonds. The predicted octanol–water partition coefficient (Wildman–Crippen LogP) is 3.13. The minimum absolute atomic E-state index is 0.167. The first-order valence-electron chi connectivity index (χ1n) is 8.95. The Hall–Kier alpha value is -2.14. The molecule has 1 aliphatic carbocycles. The molecular formula is C20H25NO4. The first-order chi connectivity index (χ1) is 12.2. The molecule has 0 aromatic heterocycles. The lowest BCUT2D eigenvalue weighted by atomic mass is 9.88. The lowest BCUT2D eigenvalue weighted by Crippen LogP contribution is -2.45. The van der Waals surface area contributed by atoms with Gasteiger partial charge >= 0.3 is 0 Å². The van der Waals surface area contributed by atoms with Gasteiger partial charge in [0, 0.05) is 31.1 Å². The summed E-state index contributed by atoms with van der Waals surface area (Å²) >= 11 is 0. The number of hydrogen-bond acceptors (Lipinski definition) is 5. The fourth-order valence-electron chi connectivity index (χ4n) is 4.19. The molecule has 1 aromatic carbocycles. The Bertz CT molecular complexity index is 724. The van der Waals surface area contributed by atoms with Gasteiger partial charge < -0.3 is 24.2 Å². The summed E-state index contributed by atoms with van der Waals surface area (Å²) in [4.78, 5) is 2.44. The second-order valence-electron chi connectivity index (χ2n) is 6.82. The van der Waals surface area contributed by atoms with Crippen molar-refractivity contribution in [1.29, 1.82) is 0 Å². The van der Waals surface area contributed by atoms with E-state index in [1.807, 2.05) is 12.1 Å². The molecule has 2 atom stereocenters. The standard InChI is InChI=1S/C20H25NO4/c1-23-14-6-8-17-13(10-14)4-3-9-21(17)18-12-20(22)25-19-11-15(24-2)5-7-16(18)19/h6,8,10-11,18,20,22H,3-5,7,9,12H2,1-2H3. The monoisotopic (exact) mass is 343 g/mol. The SMILES string of the molecule is COC1=CC2=C(CC1)C(N1CCCc3cc(OC)ccc31)CC(O)O2. The summed E-state index contributed by atoms with van der Waals surface area (Å²) in [7, 11) is 3.39. The van der Waals surface area contributed by atoms with Crippen molar-refractivity contribution >= 4 is 5.69 Å². The number of ether oxygens (including phenoxy) is 3. The number of fused-ring (bicyclic) bond motifs is 1. The van der Waals surface area contributed by atoms with Crippen molar-refractivity contribution in [2.75, 3.05) is 25.7 Å². The normalized spacial score (nSPS) is 25.6. The van der Waals surface area contributed by atoms with E-state index < -0.39 is 6.29 Å². The molecule has 0 fully saturated rings. The van der Waals surface area contributed by atoms with Crippen LogP contribution in [0.1, 0.15) is 31.2 Å². The van der Waals surface area contributed by atoms with Crippen LogP contribution in [-0.2, 0) is 15.9 Å². The predicted molar refractivity (Wildman–Crippen MR) is 95.5 cm³/mol. The Morgan fingerprint density at radius 1 is 1.16 bits per heavy atom. The molecule has 4 rings (SSSR count). The summed E-state index contributed by atoms with van der Waals surface area (Å²) in [5, 5.41) is 10.3.